The van der Waals surface area contributed by atoms with Crippen LogP contribution in [0.5, 0.6) is 0 Å². The molecule has 0 bridgehead atoms. The second-order valence-corrected chi connectivity index (χ2v) is 12.7. The van der Waals surface area contributed by atoms with Gasteiger partial charge < -0.3 is 14.0 Å². The lowest BCUT2D eigenvalue weighted by atomic mass is 10.0. The number of morpholine rings is 1. The molecule has 3 aromatic heterocycles. The van der Waals surface area contributed by atoms with Gasteiger partial charge in [-0.25, -0.2) is 28.5 Å². The summed E-state index contributed by atoms with van der Waals surface area (Å²) < 4.78 is 43.7. The molecule has 2 atom stereocenters. The number of likely N-dealkylation sites (tertiary alicyclic amines) is 1. The maximum absolute atomic E-state index is 15.1. The molecule has 2 aliphatic heterocycles. The smallest absolute Gasteiger partial charge is 0.410 e. The van der Waals surface area contributed by atoms with Crippen LogP contribution >= 0.6 is 0 Å². The summed E-state index contributed by atoms with van der Waals surface area (Å²) in [6, 6.07) is 14.3. The summed E-state index contributed by atoms with van der Waals surface area (Å²) in [7, 11) is 0. The van der Waals surface area contributed by atoms with E-state index < -0.39 is 11.6 Å². The molecule has 48 heavy (non-hydrogen) atoms. The van der Waals surface area contributed by atoms with Crippen molar-refractivity contribution >= 4 is 17.1 Å². The van der Waals surface area contributed by atoms with Gasteiger partial charge in [0, 0.05) is 61.4 Å². The van der Waals surface area contributed by atoms with Gasteiger partial charge in [-0.1, -0.05) is 30.3 Å². The molecule has 12 heteroatoms. The molecular weight excluding hydrogens is 616 g/mol. The Morgan fingerprint density at radius 2 is 1.79 bits per heavy atom. The zero-order chi connectivity index (χ0) is 33.4. The molecule has 0 N–H and O–H groups in total. The highest BCUT2D eigenvalue weighted by Gasteiger charge is 2.42. The first kappa shape index (κ1) is 31.8. The minimum Gasteiger partial charge on any atom is -0.445 e. The Balaban J connectivity index is 1.00. The predicted octanol–water partition coefficient (Wildman–Crippen LogP) is 5.87. The van der Waals surface area contributed by atoms with Crippen LogP contribution in [0.1, 0.15) is 48.4 Å². The number of hydrogen-bond acceptors (Lipinski definition) is 8. The van der Waals surface area contributed by atoms with Crippen molar-refractivity contribution in [3.05, 3.63) is 107 Å². The molecule has 0 radical (unpaired) electrons. The average molecular weight is 654 g/mol. The van der Waals surface area contributed by atoms with E-state index in [9.17, 15) is 4.79 Å². The van der Waals surface area contributed by atoms with Crippen LogP contribution in [0.2, 0.25) is 0 Å². The van der Waals surface area contributed by atoms with Gasteiger partial charge >= 0.3 is 6.09 Å². The van der Waals surface area contributed by atoms with Crippen LogP contribution in [0, 0.1) is 18.6 Å². The second kappa shape index (κ2) is 13.4. The summed E-state index contributed by atoms with van der Waals surface area (Å²) in [5.74, 6) is 0.190. The molecule has 2 aromatic carbocycles. The van der Waals surface area contributed by atoms with Gasteiger partial charge in [-0.2, -0.15) is 0 Å². The van der Waals surface area contributed by atoms with Gasteiger partial charge in [-0.15, -0.1) is 0 Å². The summed E-state index contributed by atoms with van der Waals surface area (Å²) in [5.41, 5.74) is 3.99. The van der Waals surface area contributed by atoms with E-state index in [2.05, 4.69) is 24.8 Å². The van der Waals surface area contributed by atoms with Crippen LogP contribution in [0.3, 0.4) is 0 Å². The number of imidazole rings is 1. The Hall–Kier alpha value is -4.81. The van der Waals surface area contributed by atoms with E-state index in [-0.39, 0.29) is 48.4 Å². The first-order valence-electron chi connectivity index (χ1n) is 16.2. The minimum absolute atomic E-state index is 0.0641. The number of carbonyl (C=O) groups is 1. The molecule has 7 rings (SSSR count). The van der Waals surface area contributed by atoms with Gasteiger partial charge in [0.25, 0.3) is 0 Å². The van der Waals surface area contributed by atoms with Gasteiger partial charge in [0.05, 0.1) is 36.9 Å². The summed E-state index contributed by atoms with van der Waals surface area (Å²) >= 11 is 0. The van der Waals surface area contributed by atoms with Gasteiger partial charge in [-0.3, -0.25) is 14.8 Å². The topological polar surface area (TPSA) is 98.5 Å². The first-order valence-corrected chi connectivity index (χ1v) is 16.2. The molecule has 5 aromatic rings. The Labute approximate surface area is 277 Å². The van der Waals surface area contributed by atoms with Crippen LogP contribution in [0.15, 0.2) is 67.1 Å². The maximum atomic E-state index is 15.1. The predicted molar refractivity (Wildman–Crippen MR) is 175 cm³/mol. The second-order valence-electron chi connectivity index (χ2n) is 12.7. The van der Waals surface area contributed by atoms with E-state index in [4.69, 9.17) is 9.47 Å². The van der Waals surface area contributed by atoms with E-state index in [0.717, 1.165) is 17.3 Å². The van der Waals surface area contributed by atoms with Crippen molar-refractivity contribution in [1.29, 1.82) is 0 Å². The van der Waals surface area contributed by atoms with Crippen LogP contribution in [0.25, 0.3) is 22.2 Å². The Bertz CT molecular complexity index is 1930. The third-order valence-electron chi connectivity index (χ3n) is 8.99. The van der Waals surface area contributed by atoms with E-state index in [0.29, 0.717) is 61.2 Å². The van der Waals surface area contributed by atoms with Crippen molar-refractivity contribution < 1.29 is 23.0 Å². The van der Waals surface area contributed by atoms with Crippen LogP contribution in [0.4, 0.5) is 13.6 Å². The lowest BCUT2D eigenvalue weighted by molar-refractivity contribution is -0.0446. The van der Waals surface area contributed by atoms with Crippen LogP contribution < -0.4 is 0 Å². The first-order chi connectivity index (χ1) is 23.2. The normalized spacial score (nSPS) is 18.1. The average Bonchev–Trinajstić information content (AvgIpc) is 3.65. The summed E-state index contributed by atoms with van der Waals surface area (Å²) in [6.45, 7) is 8.96. The molecule has 2 fully saturated rings. The van der Waals surface area contributed by atoms with E-state index >= 15 is 8.78 Å². The number of rotatable bonds is 8. The largest absolute Gasteiger partial charge is 0.445 e. The third kappa shape index (κ3) is 6.50. The lowest BCUT2D eigenvalue weighted by Crippen LogP contribution is -2.53. The maximum Gasteiger partial charge on any atom is 0.410 e. The van der Waals surface area contributed by atoms with Crippen molar-refractivity contribution in [2.24, 2.45) is 0 Å². The van der Waals surface area contributed by atoms with E-state index in [1.165, 1.54) is 6.07 Å². The van der Waals surface area contributed by atoms with E-state index in [1.807, 2.05) is 55.7 Å². The number of amides is 1. The molecule has 5 heterocycles. The zero-order valence-electron chi connectivity index (χ0n) is 27.1. The SMILES string of the molecule is Cc1nc2c(F)cc(-c3cc(Cc4ncc(CN5C[C@H]6OCCN(C(=O)OCc7ccccc7)[C@H]6C5)cn4)ncc3F)cc2n1C(C)C. The van der Waals surface area contributed by atoms with Crippen LogP contribution in [-0.4, -0.2) is 78.8 Å². The number of hydrogen-bond donors (Lipinski definition) is 0. The summed E-state index contributed by atoms with van der Waals surface area (Å²) in [4.78, 5) is 34.7. The van der Waals surface area contributed by atoms with Crippen LogP contribution in [-0.2, 0) is 29.0 Å². The number of carbonyl (C=O) groups excluding carboxylic acids is 1. The third-order valence-corrected chi connectivity index (χ3v) is 8.99. The standard InChI is InChI=1S/C36H37F2N7O3/c1-22(2)45-23(3)42-35-29(37)11-26(12-31(35)45)28-13-27(39-17-30(28)38)14-34-40-15-25(16-41-34)18-43-19-32-33(20-43)47-10-9-44(32)36(46)48-21-24-7-5-4-6-8-24/h4-8,11-13,15-17,22,32-33H,9-10,14,18-21H2,1-3H3/t32-,33+/m0/s1. The number of fused-ring (bicyclic) bond motifs is 2. The molecule has 0 aliphatic carbocycles. The molecule has 0 unspecified atom stereocenters. The molecule has 0 spiro atoms. The highest BCUT2D eigenvalue weighted by Crippen LogP contribution is 2.31. The Kier molecular flexibility index (Phi) is 8.84. The molecule has 1 amide bonds. The highest BCUT2D eigenvalue weighted by molar-refractivity contribution is 5.83. The zero-order valence-corrected chi connectivity index (χ0v) is 27.1. The van der Waals surface area contributed by atoms with Gasteiger partial charge in [0.2, 0.25) is 0 Å². The minimum atomic E-state index is -0.542. The van der Waals surface area contributed by atoms with Crippen molar-refractivity contribution in [2.45, 2.75) is 58.5 Å². The number of aromatic nitrogens is 5. The molecule has 248 valence electrons. The number of ether oxygens (including phenoxy) is 2. The number of pyridine rings is 1. The fourth-order valence-corrected chi connectivity index (χ4v) is 6.77. The number of aryl methyl sites for hydroxylation is 1. The van der Waals surface area contributed by atoms with Crippen molar-refractivity contribution in [3.8, 4) is 11.1 Å². The number of benzene rings is 2. The van der Waals surface area contributed by atoms with Gasteiger partial charge in [0.15, 0.2) is 5.82 Å². The Morgan fingerprint density at radius 1 is 1.00 bits per heavy atom. The fraction of sp³-hybridized carbons (Fsp3) is 0.361. The Morgan fingerprint density at radius 3 is 2.56 bits per heavy atom. The van der Waals surface area contributed by atoms with Crippen molar-refractivity contribution in [2.75, 3.05) is 26.2 Å². The highest BCUT2D eigenvalue weighted by atomic mass is 19.1. The van der Waals surface area contributed by atoms with Gasteiger partial charge in [0.1, 0.15) is 29.6 Å². The monoisotopic (exact) mass is 653 g/mol. The lowest BCUT2D eigenvalue weighted by Gasteiger charge is -2.36. The van der Waals surface area contributed by atoms with Crippen molar-refractivity contribution in [1.82, 2.24) is 34.3 Å². The molecule has 2 aliphatic rings. The molecule has 0 saturated carbocycles. The van der Waals surface area contributed by atoms with Gasteiger partial charge in [-0.05, 0) is 50.1 Å². The van der Waals surface area contributed by atoms with E-state index in [1.54, 1.807) is 29.4 Å². The molecular formula is C36H37F2N7O3. The van der Waals surface area contributed by atoms with Crippen molar-refractivity contribution in [3.63, 3.8) is 0 Å². The summed E-state index contributed by atoms with van der Waals surface area (Å²) in [5, 5.41) is 0. The summed E-state index contributed by atoms with van der Waals surface area (Å²) in [6.07, 6.45) is 4.57. The number of nitrogens with zero attached hydrogens (tertiary/aromatic N) is 7. The molecule has 10 nitrogen and oxygen atoms in total. The quantitative estimate of drug-likeness (QED) is 0.205. The number of halogens is 2. The fourth-order valence-electron chi connectivity index (χ4n) is 6.77. The molecule has 2 saturated heterocycles.